The summed E-state index contributed by atoms with van der Waals surface area (Å²) in [5.74, 6) is 0.933. The Morgan fingerprint density at radius 3 is 2.78 bits per heavy atom. The summed E-state index contributed by atoms with van der Waals surface area (Å²) >= 11 is 0. The molecule has 7 heteroatoms. The van der Waals surface area contributed by atoms with Gasteiger partial charge in [0.1, 0.15) is 26.2 Å². The van der Waals surface area contributed by atoms with Crippen molar-refractivity contribution in [3.63, 3.8) is 0 Å². The minimum atomic E-state index is -0.237. The first-order valence-corrected chi connectivity index (χ1v) is 8.08. The van der Waals surface area contributed by atoms with Gasteiger partial charge in [0.2, 0.25) is 0 Å². The Hall–Kier alpha value is -2.15. The van der Waals surface area contributed by atoms with Gasteiger partial charge in [-0.05, 0) is 12.5 Å². The zero-order valence-corrected chi connectivity index (χ0v) is 13.6. The molecule has 7 nitrogen and oxygen atoms in total. The lowest BCUT2D eigenvalue weighted by Gasteiger charge is -2.27. The highest BCUT2D eigenvalue weighted by atomic mass is 16.5. The van der Waals surface area contributed by atoms with Crippen LogP contribution in [-0.4, -0.2) is 58.3 Å². The number of quaternary nitrogens is 1. The van der Waals surface area contributed by atoms with Crippen LogP contribution in [0, 0.1) is 0 Å². The van der Waals surface area contributed by atoms with Gasteiger partial charge in [-0.2, -0.15) is 0 Å². The highest BCUT2D eigenvalue weighted by Gasteiger charge is 2.26. The average Bonchev–Trinajstić information content (AvgIpc) is 2.60. The molecule has 0 aliphatic carbocycles. The second-order valence-electron chi connectivity index (χ2n) is 5.69. The summed E-state index contributed by atoms with van der Waals surface area (Å²) in [6.45, 7) is 4.77. The number of hydrogen-bond donors (Lipinski definition) is 2. The molecule has 1 aliphatic rings. The molecule has 0 saturated carbocycles. The molecule has 23 heavy (non-hydrogen) atoms. The van der Waals surface area contributed by atoms with Gasteiger partial charge in [0.25, 0.3) is 11.7 Å². The van der Waals surface area contributed by atoms with E-state index in [-0.39, 0.29) is 11.9 Å². The number of hydrogen-bond acceptors (Lipinski definition) is 4. The maximum Gasteiger partial charge on any atom is 0.305 e. The Kier molecular flexibility index (Phi) is 6.80. The molecule has 1 amide bonds. The Labute approximate surface area is 136 Å². The van der Waals surface area contributed by atoms with Crippen molar-refractivity contribution < 1.29 is 24.2 Å². The van der Waals surface area contributed by atoms with Gasteiger partial charge in [-0.25, -0.2) is 4.98 Å². The van der Waals surface area contributed by atoms with E-state index in [1.165, 1.54) is 12.0 Å². The number of anilines is 1. The van der Waals surface area contributed by atoms with E-state index < -0.39 is 0 Å². The highest BCUT2D eigenvalue weighted by Crippen LogP contribution is 2.04. The average molecular weight is 322 g/mol. The Morgan fingerprint density at radius 2 is 2.13 bits per heavy atom. The molecule has 0 atom stereocenters. The minimum Gasteiger partial charge on any atom is -0.469 e. The third-order valence-electron chi connectivity index (χ3n) is 4.02. The summed E-state index contributed by atoms with van der Waals surface area (Å²) in [4.78, 5) is 29.7. The number of piperazine rings is 1. The molecule has 3 N–H and O–H groups in total. The number of methoxy groups -OCH3 is 1. The van der Waals surface area contributed by atoms with Crippen LogP contribution in [0.25, 0.3) is 0 Å². The number of esters is 1. The van der Waals surface area contributed by atoms with Gasteiger partial charge in [-0.1, -0.05) is 6.07 Å². The largest absolute Gasteiger partial charge is 0.469 e. The topological polar surface area (TPSA) is 77.2 Å². The summed E-state index contributed by atoms with van der Waals surface area (Å²) in [7, 11) is 1.37. The van der Waals surface area contributed by atoms with E-state index in [1.807, 2.05) is 18.3 Å². The maximum atomic E-state index is 11.9. The normalized spacial score (nSPS) is 15.3. The monoisotopic (exact) mass is 322 g/mol. The Morgan fingerprint density at radius 1 is 1.35 bits per heavy atom. The fourth-order valence-corrected chi connectivity index (χ4v) is 2.67. The first kappa shape index (κ1) is 17.2. The van der Waals surface area contributed by atoms with Gasteiger partial charge in [-0.15, -0.1) is 0 Å². The van der Waals surface area contributed by atoms with E-state index >= 15 is 0 Å². The number of carbonyl (C=O) groups is 2. The Balaban J connectivity index is 1.62. The molecule has 0 bridgehead atoms. The number of amides is 1. The second kappa shape index (κ2) is 9.09. The third kappa shape index (κ3) is 5.86. The van der Waals surface area contributed by atoms with Crippen LogP contribution in [-0.2, 0) is 14.3 Å². The van der Waals surface area contributed by atoms with Crippen molar-refractivity contribution in [1.29, 1.82) is 0 Å². The van der Waals surface area contributed by atoms with Gasteiger partial charge in [0, 0.05) is 19.0 Å². The smallest absolute Gasteiger partial charge is 0.305 e. The molecular formula is C16H26N4O3+2. The molecule has 1 aromatic rings. The lowest BCUT2D eigenvalue weighted by molar-refractivity contribution is -0.892. The number of nitrogens with zero attached hydrogens (tertiary/aromatic N) is 1. The number of aromatic amines is 1. The van der Waals surface area contributed by atoms with Crippen molar-refractivity contribution in [2.45, 2.75) is 12.8 Å². The highest BCUT2D eigenvalue weighted by molar-refractivity contribution is 5.76. The van der Waals surface area contributed by atoms with Crippen molar-refractivity contribution >= 4 is 17.7 Å². The van der Waals surface area contributed by atoms with Gasteiger partial charge in [0.15, 0.2) is 6.54 Å². The van der Waals surface area contributed by atoms with E-state index in [0.29, 0.717) is 25.9 Å². The predicted molar refractivity (Wildman–Crippen MR) is 85.0 cm³/mol. The van der Waals surface area contributed by atoms with Gasteiger partial charge in [0.05, 0.1) is 13.3 Å². The third-order valence-corrected chi connectivity index (χ3v) is 4.02. The standard InChI is InChI=1S/C16H24N4O3/c1-23-16(22)6-4-8-18-15(21)13-19-9-11-20(12-10-19)14-5-2-3-7-17-14/h2-3,5,7H,4,6,8-13H2,1H3,(H,18,21)/p+2. The number of rotatable bonds is 7. The zero-order chi connectivity index (χ0) is 16.5. The van der Waals surface area contributed by atoms with Crippen molar-refractivity contribution in [3.05, 3.63) is 24.4 Å². The van der Waals surface area contributed by atoms with Crippen LogP contribution in [0.3, 0.4) is 0 Å². The quantitative estimate of drug-likeness (QED) is 0.462. The lowest BCUT2D eigenvalue weighted by Crippen LogP contribution is -3.16. The summed E-state index contributed by atoms with van der Waals surface area (Å²) in [5.41, 5.74) is 0. The lowest BCUT2D eigenvalue weighted by atomic mass is 10.3. The first-order chi connectivity index (χ1) is 11.2. The van der Waals surface area contributed by atoms with Crippen LogP contribution in [0.15, 0.2) is 24.4 Å². The zero-order valence-electron chi connectivity index (χ0n) is 13.6. The van der Waals surface area contributed by atoms with E-state index in [9.17, 15) is 9.59 Å². The van der Waals surface area contributed by atoms with Crippen molar-refractivity contribution in [3.8, 4) is 0 Å². The molecule has 126 valence electrons. The second-order valence-corrected chi connectivity index (χ2v) is 5.69. The van der Waals surface area contributed by atoms with Crippen molar-refractivity contribution in [2.75, 3.05) is 51.3 Å². The SMILES string of the molecule is COC(=O)CCCNC(=O)C[NH+]1CCN(c2cccc[nH+]2)CC1. The van der Waals surface area contributed by atoms with E-state index in [0.717, 1.165) is 32.0 Å². The first-order valence-electron chi connectivity index (χ1n) is 8.08. The van der Waals surface area contributed by atoms with Gasteiger partial charge < -0.3 is 15.0 Å². The van der Waals surface area contributed by atoms with Crippen LogP contribution >= 0.6 is 0 Å². The number of aromatic nitrogens is 1. The van der Waals surface area contributed by atoms with Gasteiger partial charge >= 0.3 is 5.97 Å². The van der Waals surface area contributed by atoms with Crippen LogP contribution in [0.4, 0.5) is 5.82 Å². The summed E-state index contributed by atoms with van der Waals surface area (Å²) in [6, 6.07) is 6.06. The summed E-state index contributed by atoms with van der Waals surface area (Å²) in [6.07, 6.45) is 2.89. The maximum absolute atomic E-state index is 11.9. The van der Waals surface area contributed by atoms with Crippen LogP contribution in [0.2, 0.25) is 0 Å². The molecular weight excluding hydrogens is 296 g/mol. The van der Waals surface area contributed by atoms with Crippen LogP contribution < -0.4 is 20.1 Å². The fraction of sp³-hybridized carbons (Fsp3) is 0.562. The predicted octanol–water partition coefficient (Wildman–Crippen LogP) is -1.72. The summed E-state index contributed by atoms with van der Waals surface area (Å²) in [5, 5.41) is 2.86. The van der Waals surface area contributed by atoms with Crippen LogP contribution in [0.5, 0.6) is 0 Å². The molecule has 1 fully saturated rings. The molecule has 1 aliphatic heterocycles. The molecule has 0 spiro atoms. The van der Waals surface area contributed by atoms with Crippen molar-refractivity contribution in [1.82, 2.24) is 5.32 Å². The molecule has 0 aromatic carbocycles. The van der Waals surface area contributed by atoms with E-state index in [2.05, 4.69) is 26.0 Å². The van der Waals surface area contributed by atoms with E-state index in [1.54, 1.807) is 0 Å². The fourth-order valence-electron chi connectivity index (χ4n) is 2.67. The van der Waals surface area contributed by atoms with Gasteiger partial charge in [-0.3, -0.25) is 14.5 Å². The minimum absolute atomic E-state index is 0.0459. The summed E-state index contributed by atoms with van der Waals surface area (Å²) < 4.78 is 4.56. The van der Waals surface area contributed by atoms with Crippen molar-refractivity contribution in [2.24, 2.45) is 0 Å². The Bertz CT molecular complexity index is 501. The molecule has 0 unspecified atom stereocenters. The number of carbonyl (C=O) groups excluding carboxylic acids is 2. The van der Waals surface area contributed by atoms with Crippen LogP contribution in [0.1, 0.15) is 12.8 Å². The number of ether oxygens (including phenoxy) is 1. The molecule has 2 rings (SSSR count). The molecule has 1 saturated heterocycles. The molecule has 2 heterocycles. The molecule has 1 aromatic heterocycles. The van der Waals surface area contributed by atoms with E-state index in [4.69, 9.17) is 0 Å². The number of H-pyrrole nitrogens is 1. The number of nitrogens with one attached hydrogen (secondary N) is 3. The number of pyridine rings is 1. The molecule has 0 radical (unpaired) electrons.